The summed E-state index contributed by atoms with van der Waals surface area (Å²) in [7, 11) is 0. The Morgan fingerprint density at radius 3 is 2.15 bits per heavy atom. The maximum absolute atomic E-state index is 14.3. The first kappa shape index (κ1) is 17.1. The van der Waals surface area contributed by atoms with E-state index in [0.717, 1.165) is 19.5 Å². The van der Waals surface area contributed by atoms with Crippen molar-refractivity contribution >= 4 is 0 Å². The summed E-state index contributed by atoms with van der Waals surface area (Å²) >= 11 is 0. The Balaban J connectivity index is 3.25. The van der Waals surface area contributed by atoms with Crippen LogP contribution in [0.15, 0.2) is 24.3 Å². The highest BCUT2D eigenvalue weighted by Gasteiger charge is 2.38. The largest absolute Gasteiger partial charge is 0.320 e. The Hall–Kier alpha value is -0.930. The highest BCUT2D eigenvalue weighted by molar-refractivity contribution is 5.28. The van der Waals surface area contributed by atoms with Gasteiger partial charge in [0, 0.05) is 11.6 Å². The van der Waals surface area contributed by atoms with Crippen LogP contribution < -0.4 is 5.73 Å². The predicted molar refractivity (Wildman–Crippen MR) is 84.1 cm³/mol. The SMILES string of the molecule is CCN(CC)C(C)C(N)(CC(C)C)c1ccccc1F. The monoisotopic (exact) mass is 280 g/mol. The van der Waals surface area contributed by atoms with Gasteiger partial charge in [-0.3, -0.25) is 4.90 Å². The minimum absolute atomic E-state index is 0.0943. The molecule has 2 unspecified atom stereocenters. The fourth-order valence-electron chi connectivity index (χ4n) is 3.12. The molecule has 1 aromatic carbocycles. The molecular formula is C17H29FN2. The zero-order valence-corrected chi connectivity index (χ0v) is 13.5. The van der Waals surface area contributed by atoms with E-state index in [4.69, 9.17) is 5.73 Å². The van der Waals surface area contributed by atoms with Crippen LogP contribution in [-0.4, -0.2) is 24.0 Å². The van der Waals surface area contributed by atoms with Crippen LogP contribution in [0, 0.1) is 11.7 Å². The molecule has 0 saturated heterocycles. The number of hydrogen-bond donors (Lipinski definition) is 1. The fourth-order valence-corrected chi connectivity index (χ4v) is 3.12. The molecule has 2 nitrogen and oxygen atoms in total. The molecule has 0 bridgehead atoms. The second-order valence-corrected chi connectivity index (χ2v) is 6.02. The number of hydrogen-bond acceptors (Lipinski definition) is 2. The van der Waals surface area contributed by atoms with Gasteiger partial charge in [0.15, 0.2) is 0 Å². The first-order chi connectivity index (χ1) is 9.36. The second-order valence-electron chi connectivity index (χ2n) is 6.02. The first-order valence-electron chi connectivity index (χ1n) is 7.64. The van der Waals surface area contributed by atoms with Crippen LogP contribution in [0.25, 0.3) is 0 Å². The van der Waals surface area contributed by atoms with E-state index in [9.17, 15) is 4.39 Å². The molecule has 1 rings (SSSR count). The molecule has 2 atom stereocenters. The third-order valence-corrected chi connectivity index (χ3v) is 4.23. The number of nitrogens with zero attached hydrogens (tertiary/aromatic N) is 1. The van der Waals surface area contributed by atoms with Crippen LogP contribution in [0.5, 0.6) is 0 Å². The van der Waals surface area contributed by atoms with Crippen molar-refractivity contribution in [2.45, 2.75) is 52.6 Å². The molecule has 0 radical (unpaired) electrons. The molecule has 0 heterocycles. The Morgan fingerprint density at radius 2 is 1.70 bits per heavy atom. The lowest BCUT2D eigenvalue weighted by atomic mass is 9.77. The van der Waals surface area contributed by atoms with Crippen molar-refractivity contribution in [1.29, 1.82) is 0 Å². The van der Waals surface area contributed by atoms with E-state index in [2.05, 4.69) is 39.5 Å². The molecule has 0 saturated carbocycles. The highest BCUT2D eigenvalue weighted by atomic mass is 19.1. The predicted octanol–water partition coefficient (Wildman–Crippen LogP) is 3.76. The Bertz CT molecular complexity index is 415. The first-order valence-corrected chi connectivity index (χ1v) is 7.64. The van der Waals surface area contributed by atoms with Crippen molar-refractivity contribution in [1.82, 2.24) is 4.90 Å². The summed E-state index contributed by atoms with van der Waals surface area (Å²) in [5.74, 6) is 0.215. The molecule has 2 N–H and O–H groups in total. The van der Waals surface area contributed by atoms with Crippen molar-refractivity contribution < 1.29 is 4.39 Å². The fraction of sp³-hybridized carbons (Fsp3) is 0.647. The quantitative estimate of drug-likeness (QED) is 0.824. The van der Waals surface area contributed by atoms with Gasteiger partial charge < -0.3 is 5.73 Å². The molecule has 0 fully saturated rings. The standard InChI is InChI=1S/C17H29FN2/c1-6-20(7-2)14(5)17(19,12-13(3)4)15-10-8-9-11-16(15)18/h8-11,13-14H,6-7,12,19H2,1-5H3. The van der Waals surface area contributed by atoms with Gasteiger partial charge in [0.1, 0.15) is 5.82 Å². The lowest BCUT2D eigenvalue weighted by molar-refractivity contribution is 0.123. The molecule has 1 aromatic rings. The van der Waals surface area contributed by atoms with Crippen molar-refractivity contribution in [2.75, 3.05) is 13.1 Å². The summed E-state index contributed by atoms with van der Waals surface area (Å²) < 4.78 is 14.3. The summed E-state index contributed by atoms with van der Waals surface area (Å²) in [6, 6.07) is 7.02. The summed E-state index contributed by atoms with van der Waals surface area (Å²) in [6.45, 7) is 12.5. The van der Waals surface area contributed by atoms with E-state index < -0.39 is 5.54 Å². The zero-order valence-electron chi connectivity index (χ0n) is 13.5. The van der Waals surface area contributed by atoms with Gasteiger partial charge in [-0.25, -0.2) is 4.39 Å². The van der Waals surface area contributed by atoms with Gasteiger partial charge in [-0.05, 0) is 38.4 Å². The molecular weight excluding hydrogens is 251 g/mol. The molecule has 0 amide bonds. The zero-order chi connectivity index (χ0) is 15.3. The normalized spacial score (nSPS) is 16.4. The van der Waals surface area contributed by atoms with Crippen molar-refractivity contribution in [3.63, 3.8) is 0 Å². The summed E-state index contributed by atoms with van der Waals surface area (Å²) in [5.41, 5.74) is 6.71. The van der Waals surface area contributed by atoms with Crippen molar-refractivity contribution in [3.05, 3.63) is 35.6 Å². The highest BCUT2D eigenvalue weighted by Crippen LogP contribution is 2.33. The van der Waals surface area contributed by atoms with E-state index in [0.29, 0.717) is 11.5 Å². The van der Waals surface area contributed by atoms with E-state index in [1.54, 1.807) is 6.07 Å². The lowest BCUT2D eigenvalue weighted by Crippen LogP contribution is -2.55. The van der Waals surface area contributed by atoms with Gasteiger partial charge in [-0.2, -0.15) is 0 Å². The van der Waals surface area contributed by atoms with Crippen LogP contribution in [0.3, 0.4) is 0 Å². The van der Waals surface area contributed by atoms with E-state index in [1.165, 1.54) is 6.07 Å². The smallest absolute Gasteiger partial charge is 0.128 e. The molecule has 0 aliphatic rings. The number of nitrogens with two attached hydrogens (primary N) is 1. The minimum atomic E-state index is -0.661. The molecule has 0 spiro atoms. The average Bonchev–Trinajstić information content (AvgIpc) is 2.39. The number of halogens is 1. The van der Waals surface area contributed by atoms with Gasteiger partial charge >= 0.3 is 0 Å². The van der Waals surface area contributed by atoms with Crippen LogP contribution in [0.2, 0.25) is 0 Å². The molecule has 114 valence electrons. The Kier molecular flexibility index (Phi) is 6.15. The van der Waals surface area contributed by atoms with E-state index >= 15 is 0 Å². The summed E-state index contributed by atoms with van der Waals surface area (Å²) in [6.07, 6.45) is 0.769. The molecule has 0 aliphatic carbocycles. The van der Waals surface area contributed by atoms with Gasteiger partial charge in [-0.1, -0.05) is 45.9 Å². The molecule has 0 aromatic heterocycles. The van der Waals surface area contributed by atoms with Gasteiger partial charge in [-0.15, -0.1) is 0 Å². The topological polar surface area (TPSA) is 29.3 Å². The molecule has 3 heteroatoms. The number of rotatable bonds is 7. The van der Waals surface area contributed by atoms with Crippen LogP contribution in [-0.2, 0) is 5.54 Å². The van der Waals surface area contributed by atoms with Gasteiger partial charge in [0.2, 0.25) is 0 Å². The van der Waals surface area contributed by atoms with Crippen LogP contribution >= 0.6 is 0 Å². The minimum Gasteiger partial charge on any atom is -0.320 e. The Labute approximate surface area is 123 Å². The molecule has 20 heavy (non-hydrogen) atoms. The van der Waals surface area contributed by atoms with Gasteiger partial charge in [0.05, 0.1) is 5.54 Å². The third kappa shape index (κ3) is 3.58. The second kappa shape index (κ2) is 7.19. The van der Waals surface area contributed by atoms with Crippen LogP contribution in [0.4, 0.5) is 4.39 Å². The number of benzene rings is 1. The van der Waals surface area contributed by atoms with Crippen molar-refractivity contribution in [2.24, 2.45) is 11.7 Å². The Morgan fingerprint density at radius 1 is 1.15 bits per heavy atom. The lowest BCUT2D eigenvalue weighted by Gasteiger charge is -2.43. The average molecular weight is 280 g/mol. The summed E-state index contributed by atoms with van der Waals surface area (Å²) in [4.78, 5) is 2.30. The van der Waals surface area contributed by atoms with E-state index in [1.807, 2.05) is 12.1 Å². The molecule has 0 aliphatic heterocycles. The summed E-state index contributed by atoms with van der Waals surface area (Å²) in [5, 5.41) is 0. The third-order valence-electron chi connectivity index (χ3n) is 4.23. The maximum Gasteiger partial charge on any atom is 0.128 e. The van der Waals surface area contributed by atoms with Crippen LogP contribution in [0.1, 0.15) is 46.6 Å². The van der Waals surface area contributed by atoms with E-state index in [-0.39, 0.29) is 11.9 Å². The van der Waals surface area contributed by atoms with Gasteiger partial charge in [0.25, 0.3) is 0 Å². The maximum atomic E-state index is 14.3. The van der Waals surface area contributed by atoms with Crippen molar-refractivity contribution in [3.8, 4) is 0 Å². The number of likely N-dealkylation sites (N-methyl/N-ethyl adjacent to an activating group) is 1.